The Labute approximate surface area is 170 Å². The van der Waals surface area contributed by atoms with Crippen LogP contribution in [0.4, 0.5) is 0 Å². The van der Waals surface area contributed by atoms with Gasteiger partial charge in [0.15, 0.2) is 0 Å². The monoisotopic (exact) mass is 376 g/mol. The topological polar surface area (TPSA) is 26.7 Å². The normalized spacial score (nSPS) is 18.0. The van der Waals surface area contributed by atoms with E-state index in [4.69, 9.17) is 0 Å². The quantitative estimate of drug-likeness (QED) is 0.802. The van der Waals surface area contributed by atoms with Gasteiger partial charge >= 0.3 is 0 Å². The summed E-state index contributed by atoms with van der Waals surface area (Å²) in [5.41, 5.74) is 2.70. The second kappa shape index (κ2) is 9.39. The van der Waals surface area contributed by atoms with Crippen molar-refractivity contribution in [2.75, 3.05) is 20.1 Å². The minimum atomic E-state index is -0.951. The van der Waals surface area contributed by atoms with Gasteiger partial charge in [0.2, 0.25) is 0 Å². The molecule has 1 aliphatic rings. The maximum atomic E-state index is 9.73. The second-order valence-corrected chi connectivity index (χ2v) is 8.44. The second-order valence-electron chi connectivity index (χ2n) is 8.44. The van der Waals surface area contributed by atoms with Crippen LogP contribution in [-0.2, 0) is 13.1 Å². The molecule has 1 N–H and O–H groups in total. The van der Waals surface area contributed by atoms with Gasteiger partial charge in [0.05, 0.1) is 0 Å². The molecule has 3 nitrogen and oxygen atoms in total. The molecule has 1 atom stereocenters. The standard InChI is InChI=1S/C25H32N2O/c1-25(2,28)16-15-21-11-13-23(14-12-21)19-27-17-7-10-24(20-27)26(3)18-22-8-5-4-6-9-22/h4-6,8-9,11-14,24,28H,7,10,17-20H2,1-3H3. The molecule has 0 saturated carbocycles. The summed E-state index contributed by atoms with van der Waals surface area (Å²) in [7, 11) is 2.25. The van der Waals surface area contributed by atoms with Gasteiger partial charge in [0.25, 0.3) is 0 Å². The molecule has 1 fully saturated rings. The summed E-state index contributed by atoms with van der Waals surface area (Å²) < 4.78 is 0. The number of likely N-dealkylation sites (N-methyl/N-ethyl adjacent to an activating group) is 1. The van der Waals surface area contributed by atoms with Crippen LogP contribution < -0.4 is 0 Å². The van der Waals surface area contributed by atoms with Crippen molar-refractivity contribution in [2.24, 2.45) is 0 Å². The first-order valence-corrected chi connectivity index (χ1v) is 10.2. The predicted molar refractivity (Wildman–Crippen MR) is 116 cm³/mol. The average Bonchev–Trinajstić information content (AvgIpc) is 2.68. The van der Waals surface area contributed by atoms with E-state index in [1.165, 1.54) is 24.0 Å². The molecule has 0 bridgehead atoms. The van der Waals surface area contributed by atoms with E-state index in [0.29, 0.717) is 6.04 Å². The van der Waals surface area contributed by atoms with Crippen molar-refractivity contribution in [2.45, 2.75) is 51.4 Å². The molecule has 1 aliphatic heterocycles. The molecule has 148 valence electrons. The van der Waals surface area contributed by atoms with E-state index in [2.05, 4.69) is 83.3 Å². The van der Waals surface area contributed by atoms with Gasteiger partial charge in [-0.1, -0.05) is 54.3 Å². The number of hydrogen-bond acceptors (Lipinski definition) is 3. The Morgan fingerprint density at radius 1 is 1.07 bits per heavy atom. The van der Waals surface area contributed by atoms with Gasteiger partial charge in [-0.05, 0) is 63.5 Å². The Morgan fingerprint density at radius 3 is 2.46 bits per heavy atom. The van der Waals surface area contributed by atoms with Gasteiger partial charge in [-0.25, -0.2) is 0 Å². The molecule has 28 heavy (non-hydrogen) atoms. The smallest absolute Gasteiger partial charge is 0.120 e. The highest BCUT2D eigenvalue weighted by Crippen LogP contribution is 2.19. The highest BCUT2D eigenvalue weighted by atomic mass is 16.3. The molecule has 0 amide bonds. The number of benzene rings is 2. The fourth-order valence-electron chi connectivity index (χ4n) is 3.71. The number of hydrogen-bond donors (Lipinski definition) is 1. The van der Waals surface area contributed by atoms with Crippen molar-refractivity contribution < 1.29 is 5.11 Å². The summed E-state index contributed by atoms with van der Waals surface area (Å²) in [5, 5.41) is 9.73. The fourth-order valence-corrected chi connectivity index (χ4v) is 3.71. The van der Waals surface area contributed by atoms with Crippen LogP contribution in [0.3, 0.4) is 0 Å². The highest BCUT2D eigenvalue weighted by Gasteiger charge is 2.23. The largest absolute Gasteiger partial charge is 0.378 e. The van der Waals surface area contributed by atoms with Crippen LogP contribution in [0.2, 0.25) is 0 Å². The highest BCUT2D eigenvalue weighted by molar-refractivity contribution is 5.37. The Balaban J connectivity index is 1.55. The van der Waals surface area contributed by atoms with Crippen molar-refractivity contribution in [1.82, 2.24) is 9.80 Å². The third-order valence-corrected chi connectivity index (χ3v) is 5.25. The average molecular weight is 377 g/mol. The van der Waals surface area contributed by atoms with Crippen LogP contribution in [-0.4, -0.2) is 46.7 Å². The summed E-state index contributed by atoms with van der Waals surface area (Å²) in [6, 6.07) is 19.8. The molecular formula is C25H32N2O. The minimum absolute atomic E-state index is 0.603. The Kier molecular flexibility index (Phi) is 6.91. The molecule has 2 aromatic carbocycles. The van der Waals surface area contributed by atoms with Gasteiger partial charge < -0.3 is 5.11 Å². The van der Waals surface area contributed by atoms with Crippen molar-refractivity contribution in [1.29, 1.82) is 0 Å². The lowest BCUT2D eigenvalue weighted by Gasteiger charge is -2.37. The Morgan fingerprint density at radius 2 is 1.79 bits per heavy atom. The maximum absolute atomic E-state index is 9.73. The molecular weight excluding hydrogens is 344 g/mol. The fraction of sp³-hybridized carbons (Fsp3) is 0.440. The van der Waals surface area contributed by atoms with Gasteiger partial charge in [0.1, 0.15) is 5.60 Å². The summed E-state index contributed by atoms with van der Waals surface area (Å²) in [4.78, 5) is 5.06. The first-order valence-electron chi connectivity index (χ1n) is 10.2. The number of piperidine rings is 1. The van der Waals surface area contributed by atoms with Gasteiger partial charge in [-0.3, -0.25) is 9.80 Å². The van der Waals surface area contributed by atoms with Crippen molar-refractivity contribution in [3.05, 3.63) is 71.3 Å². The van der Waals surface area contributed by atoms with Crippen molar-refractivity contribution >= 4 is 0 Å². The Hall–Kier alpha value is -2.12. The van der Waals surface area contributed by atoms with Crippen LogP contribution in [0, 0.1) is 11.8 Å². The number of aliphatic hydroxyl groups is 1. The molecule has 1 unspecified atom stereocenters. The van der Waals surface area contributed by atoms with Crippen molar-refractivity contribution in [3.8, 4) is 11.8 Å². The lowest BCUT2D eigenvalue weighted by Crippen LogP contribution is -2.45. The summed E-state index contributed by atoms with van der Waals surface area (Å²) in [6.45, 7) is 7.67. The number of likely N-dealkylation sites (tertiary alicyclic amines) is 1. The lowest BCUT2D eigenvalue weighted by molar-refractivity contribution is 0.107. The lowest BCUT2D eigenvalue weighted by atomic mass is 10.0. The zero-order valence-electron chi connectivity index (χ0n) is 17.4. The van der Waals surface area contributed by atoms with E-state index >= 15 is 0 Å². The third-order valence-electron chi connectivity index (χ3n) is 5.25. The molecule has 0 spiro atoms. The SMILES string of the molecule is CN(Cc1ccccc1)C1CCCN(Cc2ccc(C#CC(C)(C)O)cc2)C1. The first kappa shape index (κ1) is 20.6. The zero-order chi connectivity index (χ0) is 20.0. The van der Waals surface area contributed by atoms with Crippen LogP contribution in [0.25, 0.3) is 0 Å². The molecule has 0 aromatic heterocycles. The van der Waals surface area contributed by atoms with E-state index < -0.39 is 5.60 Å². The summed E-state index contributed by atoms with van der Waals surface area (Å²) >= 11 is 0. The Bertz CT molecular complexity index is 796. The van der Waals surface area contributed by atoms with Crippen LogP contribution in [0.1, 0.15) is 43.4 Å². The third kappa shape index (κ3) is 6.49. The van der Waals surface area contributed by atoms with Crippen LogP contribution in [0.15, 0.2) is 54.6 Å². The van der Waals surface area contributed by atoms with E-state index in [1.54, 1.807) is 13.8 Å². The number of nitrogens with zero attached hydrogens (tertiary/aromatic N) is 2. The van der Waals surface area contributed by atoms with Crippen molar-refractivity contribution in [3.63, 3.8) is 0 Å². The number of rotatable bonds is 5. The molecule has 3 rings (SSSR count). The van der Waals surface area contributed by atoms with Gasteiger partial charge in [-0.2, -0.15) is 0 Å². The van der Waals surface area contributed by atoms with Crippen LogP contribution >= 0.6 is 0 Å². The summed E-state index contributed by atoms with van der Waals surface area (Å²) in [5.74, 6) is 5.91. The molecule has 3 heteroatoms. The van der Waals surface area contributed by atoms with E-state index in [1.807, 2.05) is 0 Å². The maximum Gasteiger partial charge on any atom is 0.120 e. The van der Waals surface area contributed by atoms with E-state index in [0.717, 1.165) is 31.7 Å². The van der Waals surface area contributed by atoms with Gasteiger partial charge in [-0.15, -0.1) is 0 Å². The van der Waals surface area contributed by atoms with E-state index in [-0.39, 0.29) is 0 Å². The zero-order valence-corrected chi connectivity index (χ0v) is 17.4. The molecule has 2 aromatic rings. The molecule has 1 saturated heterocycles. The first-order chi connectivity index (χ1) is 13.4. The van der Waals surface area contributed by atoms with Gasteiger partial charge in [0, 0.05) is 31.2 Å². The predicted octanol–water partition coefficient (Wildman–Crippen LogP) is 3.91. The summed E-state index contributed by atoms with van der Waals surface area (Å²) in [6.07, 6.45) is 2.52. The molecule has 0 aliphatic carbocycles. The van der Waals surface area contributed by atoms with Crippen LogP contribution in [0.5, 0.6) is 0 Å². The molecule has 0 radical (unpaired) electrons. The van der Waals surface area contributed by atoms with E-state index in [9.17, 15) is 5.11 Å². The molecule has 1 heterocycles. The minimum Gasteiger partial charge on any atom is -0.378 e.